The van der Waals surface area contributed by atoms with Crippen LogP contribution in [0.5, 0.6) is 0 Å². The fraction of sp³-hybridized carbons (Fsp3) is 0.273. The lowest BCUT2D eigenvalue weighted by Gasteiger charge is -2.29. The highest BCUT2D eigenvalue weighted by Crippen LogP contribution is 2.43. The maximum atomic E-state index is 13.0. The van der Waals surface area contributed by atoms with Crippen molar-refractivity contribution in [1.29, 1.82) is 0 Å². The molecular formula is C22H22BrNO4. The second-order valence-electron chi connectivity index (χ2n) is 6.97. The lowest BCUT2D eigenvalue weighted by atomic mass is 9.89. The number of nitrogens with zero attached hydrogens (tertiary/aromatic N) is 1. The molecule has 0 saturated heterocycles. The standard InChI is InChI=1S/C22H22BrNO4/c1-13(2)20(25)18-19(17-7-5-4-6-14(17)12-28-3)24(22(27)21(18)26)16-10-8-15(23)9-11-16/h4-11,13,19,26H,12H2,1-3H3. The van der Waals surface area contributed by atoms with Gasteiger partial charge >= 0.3 is 0 Å². The van der Waals surface area contributed by atoms with Gasteiger partial charge in [0.2, 0.25) is 0 Å². The van der Waals surface area contributed by atoms with Crippen molar-refractivity contribution in [3.05, 3.63) is 75.5 Å². The van der Waals surface area contributed by atoms with Gasteiger partial charge < -0.3 is 9.84 Å². The minimum Gasteiger partial charge on any atom is -0.503 e. The first kappa shape index (κ1) is 20.3. The molecule has 0 saturated carbocycles. The molecule has 0 radical (unpaired) electrons. The molecule has 6 heteroatoms. The largest absolute Gasteiger partial charge is 0.503 e. The summed E-state index contributed by atoms with van der Waals surface area (Å²) in [6.45, 7) is 3.85. The molecule has 0 spiro atoms. The molecule has 0 aromatic heterocycles. The topological polar surface area (TPSA) is 66.8 Å². The van der Waals surface area contributed by atoms with Crippen LogP contribution >= 0.6 is 15.9 Å². The van der Waals surface area contributed by atoms with E-state index in [1.54, 1.807) is 33.1 Å². The number of ketones is 1. The summed E-state index contributed by atoms with van der Waals surface area (Å²) in [6, 6.07) is 14.0. The summed E-state index contributed by atoms with van der Waals surface area (Å²) in [5.41, 5.74) is 2.34. The van der Waals surface area contributed by atoms with E-state index < -0.39 is 17.7 Å². The highest BCUT2D eigenvalue weighted by molar-refractivity contribution is 9.10. The summed E-state index contributed by atoms with van der Waals surface area (Å²) in [4.78, 5) is 27.4. The molecule has 2 aromatic carbocycles. The molecule has 1 heterocycles. The van der Waals surface area contributed by atoms with Gasteiger partial charge in [0.25, 0.3) is 5.91 Å². The minimum absolute atomic E-state index is 0.131. The van der Waals surface area contributed by atoms with E-state index in [-0.39, 0.29) is 17.3 Å². The number of rotatable bonds is 6. The lowest BCUT2D eigenvalue weighted by Crippen LogP contribution is -2.32. The number of anilines is 1. The van der Waals surface area contributed by atoms with Crippen LogP contribution in [0.1, 0.15) is 31.0 Å². The fourth-order valence-electron chi connectivity index (χ4n) is 3.42. The molecule has 0 bridgehead atoms. The summed E-state index contributed by atoms with van der Waals surface area (Å²) in [5.74, 6) is -1.67. The van der Waals surface area contributed by atoms with Crippen LogP contribution in [0.2, 0.25) is 0 Å². The van der Waals surface area contributed by atoms with Gasteiger partial charge in [0, 0.05) is 23.2 Å². The van der Waals surface area contributed by atoms with E-state index >= 15 is 0 Å². The molecule has 1 amide bonds. The number of carbonyl (C=O) groups is 2. The van der Waals surface area contributed by atoms with Gasteiger partial charge in [0.05, 0.1) is 18.2 Å². The van der Waals surface area contributed by atoms with Gasteiger partial charge in [0.15, 0.2) is 11.5 Å². The molecule has 1 N–H and O–H groups in total. The molecule has 146 valence electrons. The van der Waals surface area contributed by atoms with E-state index in [1.807, 2.05) is 36.4 Å². The number of methoxy groups -OCH3 is 1. The first-order valence-corrected chi connectivity index (χ1v) is 9.79. The number of carbonyl (C=O) groups excluding carboxylic acids is 2. The summed E-state index contributed by atoms with van der Waals surface area (Å²) >= 11 is 3.39. The Morgan fingerprint density at radius 2 is 1.82 bits per heavy atom. The number of ether oxygens (including phenoxy) is 1. The van der Waals surface area contributed by atoms with Gasteiger partial charge in [-0.05, 0) is 35.4 Å². The Bertz CT molecular complexity index is 934. The van der Waals surface area contributed by atoms with E-state index in [0.29, 0.717) is 12.3 Å². The van der Waals surface area contributed by atoms with Crippen LogP contribution in [-0.4, -0.2) is 23.9 Å². The summed E-state index contributed by atoms with van der Waals surface area (Å²) in [6.07, 6.45) is 0. The Balaban J connectivity index is 2.22. The molecule has 1 aliphatic heterocycles. The highest BCUT2D eigenvalue weighted by Gasteiger charge is 2.45. The van der Waals surface area contributed by atoms with Gasteiger partial charge in [-0.2, -0.15) is 0 Å². The summed E-state index contributed by atoms with van der Waals surface area (Å²) in [5, 5.41) is 10.6. The Morgan fingerprint density at radius 3 is 2.43 bits per heavy atom. The minimum atomic E-state index is -0.713. The smallest absolute Gasteiger partial charge is 0.294 e. The molecule has 0 aliphatic carbocycles. The third-order valence-electron chi connectivity index (χ3n) is 4.75. The number of aliphatic hydroxyl groups is 1. The van der Waals surface area contributed by atoms with Gasteiger partial charge in [-0.25, -0.2) is 0 Å². The van der Waals surface area contributed by atoms with E-state index in [1.165, 1.54) is 4.90 Å². The average molecular weight is 444 g/mol. The van der Waals surface area contributed by atoms with E-state index in [0.717, 1.165) is 15.6 Å². The first-order chi connectivity index (χ1) is 13.4. The Kier molecular flexibility index (Phi) is 6.01. The van der Waals surface area contributed by atoms with Crippen molar-refractivity contribution in [2.24, 2.45) is 5.92 Å². The zero-order chi connectivity index (χ0) is 20.4. The summed E-state index contributed by atoms with van der Waals surface area (Å²) in [7, 11) is 1.59. The second-order valence-corrected chi connectivity index (χ2v) is 7.88. The van der Waals surface area contributed by atoms with Crippen molar-refractivity contribution < 1.29 is 19.4 Å². The number of aliphatic hydroxyl groups excluding tert-OH is 1. The van der Waals surface area contributed by atoms with Gasteiger partial charge in [-0.15, -0.1) is 0 Å². The van der Waals surface area contributed by atoms with Crippen LogP contribution < -0.4 is 4.90 Å². The molecule has 28 heavy (non-hydrogen) atoms. The van der Waals surface area contributed by atoms with Crippen LogP contribution in [0, 0.1) is 5.92 Å². The predicted molar refractivity (Wildman–Crippen MR) is 111 cm³/mol. The van der Waals surface area contributed by atoms with Crippen LogP contribution in [-0.2, 0) is 20.9 Å². The van der Waals surface area contributed by atoms with Crippen LogP contribution in [0.15, 0.2) is 64.3 Å². The normalized spacial score (nSPS) is 17.0. The predicted octanol–water partition coefficient (Wildman–Crippen LogP) is 4.72. The molecule has 0 fully saturated rings. The van der Waals surface area contributed by atoms with Crippen LogP contribution in [0.3, 0.4) is 0 Å². The van der Waals surface area contributed by atoms with Crippen molar-refractivity contribution >= 4 is 33.3 Å². The molecule has 3 rings (SSSR count). The zero-order valence-electron chi connectivity index (χ0n) is 16.0. The number of hydrogen-bond donors (Lipinski definition) is 1. The third kappa shape index (κ3) is 3.62. The SMILES string of the molecule is COCc1ccccc1C1C(C(=O)C(C)C)=C(O)C(=O)N1c1ccc(Br)cc1. The molecule has 1 atom stereocenters. The van der Waals surface area contributed by atoms with Gasteiger partial charge in [0.1, 0.15) is 0 Å². The Morgan fingerprint density at radius 1 is 1.18 bits per heavy atom. The number of hydrogen-bond acceptors (Lipinski definition) is 4. The third-order valence-corrected chi connectivity index (χ3v) is 5.28. The van der Waals surface area contributed by atoms with E-state index in [9.17, 15) is 14.7 Å². The lowest BCUT2D eigenvalue weighted by molar-refractivity contribution is -0.119. The van der Waals surface area contributed by atoms with Crippen LogP contribution in [0.25, 0.3) is 0 Å². The molecular weight excluding hydrogens is 422 g/mol. The highest BCUT2D eigenvalue weighted by atomic mass is 79.9. The quantitative estimate of drug-likeness (QED) is 0.700. The summed E-state index contributed by atoms with van der Waals surface area (Å²) < 4.78 is 6.18. The van der Waals surface area contributed by atoms with Crippen molar-refractivity contribution in [3.8, 4) is 0 Å². The first-order valence-electron chi connectivity index (χ1n) is 9.00. The average Bonchev–Trinajstić information content (AvgIpc) is 2.93. The van der Waals surface area contributed by atoms with Gasteiger partial charge in [-0.1, -0.05) is 54.0 Å². The van der Waals surface area contributed by atoms with Crippen molar-refractivity contribution in [2.45, 2.75) is 26.5 Å². The maximum absolute atomic E-state index is 13.0. The van der Waals surface area contributed by atoms with Crippen molar-refractivity contribution in [1.82, 2.24) is 0 Å². The molecule has 2 aromatic rings. The number of amides is 1. The number of Topliss-reactive ketones (excluding diaryl/α,β-unsaturated/α-hetero) is 1. The molecule has 1 unspecified atom stereocenters. The van der Waals surface area contributed by atoms with Crippen molar-refractivity contribution in [2.75, 3.05) is 12.0 Å². The molecule has 5 nitrogen and oxygen atoms in total. The second kappa shape index (κ2) is 8.29. The zero-order valence-corrected chi connectivity index (χ0v) is 17.6. The van der Waals surface area contributed by atoms with Crippen molar-refractivity contribution in [3.63, 3.8) is 0 Å². The maximum Gasteiger partial charge on any atom is 0.294 e. The number of benzene rings is 2. The van der Waals surface area contributed by atoms with E-state index in [4.69, 9.17) is 4.74 Å². The number of halogens is 1. The van der Waals surface area contributed by atoms with Crippen LogP contribution in [0.4, 0.5) is 5.69 Å². The fourth-order valence-corrected chi connectivity index (χ4v) is 3.68. The Labute approximate surface area is 172 Å². The monoisotopic (exact) mass is 443 g/mol. The van der Waals surface area contributed by atoms with E-state index in [2.05, 4.69) is 15.9 Å². The Hall–Kier alpha value is -2.44. The molecule has 1 aliphatic rings. The van der Waals surface area contributed by atoms with Gasteiger partial charge in [-0.3, -0.25) is 14.5 Å².